The summed E-state index contributed by atoms with van der Waals surface area (Å²) in [6.45, 7) is 2.29. The van der Waals surface area contributed by atoms with Gasteiger partial charge in [-0.1, -0.05) is 12.1 Å². The van der Waals surface area contributed by atoms with Crippen molar-refractivity contribution >= 4 is 10.9 Å². The fourth-order valence-corrected chi connectivity index (χ4v) is 2.81. The van der Waals surface area contributed by atoms with E-state index < -0.39 is 5.82 Å². The van der Waals surface area contributed by atoms with E-state index >= 15 is 0 Å². The highest BCUT2D eigenvalue weighted by molar-refractivity contribution is 5.89. The van der Waals surface area contributed by atoms with Crippen molar-refractivity contribution in [2.75, 3.05) is 13.7 Å². The Hall–Kier alpha value is -2.82. The summed E-state index contributed by atoms with van der Waals surface area (Å²) in [5.41, 5.74) is 1.24. The number of halogens is 1. The molecular formula is C19H18FNO3. The van der Waals surface area contributed by atoms with Crippen molar-refractivity contribution in [2.45, 2.75) is 6.92 Å². The van der Waals surface area contributed by atoms with Crippen molar-refractivity contribution in [3.05, 3.63) is 58.6 Å². The van der Waals surface area contributed by atoms with Crippen molar-refractivity contribution < 1.29 is 13.9 Å². The lowest BCUT2D eigenvalue weighted by atomic mass is 10.0. The van der Waals surface area contributed by atoms with E-state index in [-0.39, 0.29) is 10.8 Å². The number of hydrogen-bond acceptors (Lipinski definition) is 3. The molecule has 3 rings (SSSR count). The molecule has 4 nitrogen and oxygen atoms in total. The average molecular weight is 327 g/mol. The van der Waals surface area contributed by atoms with Gasteiger partial charge < -0.3 is 14.0 Å². The molecule has 0 unspecified atom stereocenters. The second-order valence-corrected chi connectivity index (χ2v) is 5.41. The van der Waals surface area contributed by atoms with Crippen LogP contribution in [0.3, 0.4) is 0 Å². The smallest absolute Gasteiger partial charge is 0.200 e. The van der Waals surface area contributed by atoms with E-state index in [1.165, 1.54) is 6.07 Å². The van der Waals surface area contributed by atoms with Gasteiger partial charge in [0, 0.05) is 18.8 Å². The van der Waals surface area contributed by atoms with Crippen LogP contribution in [0.1, 0.15) is 6.92 Å². The van der Waals surface area contributed by atoms with Crippen LogP contribution in [0.5, 0.6) is 11.5 Å². The van der Waals surface area contributed by atoms with Gasteiger partial charge in [0.15, 0.2) is 5.43 Å². The van der Waals surface area contributed by atoms with Crippen molar-refractivity contribution in [1.82, 2.24) is 4.57 Å². The van der Waals surface area contributed by atoms with Crippen LogP contribution in [0.25, 0.3) is 22.0 Å². The zero-order chi connectivity index (χ0) is 17.3. The maximum atomic E-state index is 14.4. The molecule has 0 radical (unpaired) electrons. The molecule has 0 amide bonds. The van der Waals surface area contributed by atoms with Gasteiger partial charge in [0.2, 0.25) is 0 Å². The predicted molar refractivity (Wildman–Crippen MR) is 92.3 cm³/mol. The Morgan fingerprint density at radius 1 is 1.12 bits per heavy atom. The first-order chi connectivity index (χ1) is 11.6. The van der Waals surface area contributed by atoms with Crippen molar-refractivity contribution in [1.29, 1.82) is 0 Å². The molecule has 0 spiro atoms. The van der Waals surface area contributed by atoms with Crippen LogP contribution in [0.4, 0.5) is 4.39 Å². The number of methoxy groups -OCH3 is 1. The Balaban J connectivity index is 2.30. The van der Waals surface area contributed by atoms with Crippen LogP contribution in [-0.4, -0.2) is 18.3 Å². The molecule has 0 bridgehead atoms. The van der Waals surface area contributed by atoms with E-state index in [0.29, 0.717) is 34.7 Å². The minimum atomic E-state index is -0.551. The molecule has 5 heteroatoms. The number of rotatable bonds is 4. The molecule has 0 aliphatic rings. The fraction of sp³-hybridized carbons (Fsp3) is 0.211. The van der Waals surface area contributed by atoms with E-state index in [9.17, 15) is 9.18 Å². The summed E-state index contributed by atoms with van der Waals surface area (Å²) in [5.74, 6) is 0.639. The van der Waals surface area contributed by atoms with E-state index in [0.717, 1.165) is 0 Å². The molecule has 2 aromatic carbocycles. The second-order valence-electron chi connectivity index (χ2n) is 5.41. The highest BCUT2D eigenvalue weighted by atomic mass is 19.1. The Kier molecular flexibility index (Phi) is 4.25. The molecule has 0 N–H and O–H groups in total. The maximum Gasteiger partial charge on any atom is 0.200 e. The minimum absolute atomic E-state index is 0.0387. The van der Waals surface area contributed by atoms with Gasteiger partial charge in [-0.3, -0.25) is 4.79 Å². The van der Waals surface area contributed by atoms with Crippen molar-refractivity contribution in [2.24, 2.45) is 7.05 Å². The topological polar surface area (TPSA) is 40.5 Å². The molecule has 0 saturated carbocycles. The fourth-order valence-electron chi connectivity index (χ4n) is 2.81. The first-order valence-corrected chi connectivity index (χ1v) is 7.66. The van der Waals surface area contributed by atoms with Crippen molar-refractivity contribution in [3.8, 4) is 22.6 Å². The third-order valence-electron chi connectivity index (χ3n) is 3.94. The Labute approximate surface area is 139 Å². The molecule has 1 heterocycles. The lowest BCUT2D eigenvalue weighted by Crippen LogP contribution is -2.13. The van der Waals surface area contributed by atoms with Gasteiger partial charge in [0.1, 0.15) is 17.3 Å². The van der Waals surface area contributed by atoms with Crippen LogP contribution >= 0.6 is 0 Å². The zero-order valence-electron chi connectivity index (χ0n) is 13.8. The monoisotopic (exact) mass is 327 g/mol. The molecule has 124 valence electrons. The summed E-state index contributed by atoms with van der Waals surface area (Å²) in [6, 6.07) is 9.93. The van der Waals surface area contributed by atoms with Gasteiger partial charge in [0.05, 0.1) is 24.6 Å². The minimum Gasteiger partial charge on any atom is -0.497 e. The quantitative estimate of drug-likeness (QED) is 0.733. The number of ether oxygens (including phenoxy) is 2. The number of pyridine rings is 1. The molecule has 0 saturated heterocycles. The van der Waals surface area contributed by atoms with Crippen LogP contribution in [-0.2, 0) is 7.05 Å². The number of fused-ring (bicyclic) bond motifs is 1. The Bertz CT molecular complexity index is 945. The van der Waals surface area contributed by atoms with Gasteiger partial charge in [-0.25, -0.2) is 4.39 Å². The SMILES string of the molecule is CCOc1ccc(F)c2c(=O)c(-c3ccc(OC)cc3)cn(C)c12. The van der Waals surface area contributed by atoms with Crippen LogP contribution in [0.2, 0.25) is 0 Å². The number of aryl methyl sites for hydroxylation is 1. The lowest BCUT2D eigenvalue weighted by Gasteiger charge is -2.14. The normalized spacial score (nSPS) is 10.8. The number of nitrogens with zero attached hydrogens (tertiary/aromatic N) is 1. The third kappa shape index (κ3) is 2.62. The standard InChI is InChI=1S/C19H18FNO3/c1-4-24-16-10-9-15(20)17-18(16)21(2)11-14(19(17)22)12-5-7-13(23-3)8-6-12/h5-11H,4H2,1-3H3. The molecule has 0 aliphatic heterocycles. The highest BCUT2D eigenvalue weighted by Gasteiger charge is 2.16. The van der Waals surface area contributed by atoms with Gasteiger partial charge in [-0.2, -0.15) is 0 Å². The Morgan fingerprint density at radius 3 is 2.46 bits per heavy atom. The first-order valence-electron chi connectivity index (χ1n) is 7.66. The predicted octanol–water partition coefficient (Wildman–Crippen LogP) is 3.75. The molecule has 0 atom stereocenters. The van der Waals surface area contributed by atoms with Gasteiger partial charge >= 0.3 is 0 Å². The summed E-state index contributed by atoms with van der Waals surface area (Å²) in [4.78, 5) is 12.9. The van der Waals surface area contributed by atoms with E-state index in [1.807, 2.05) is 6.92 Å². The molecule has 24 heavy (non-hydrogen) atoms. The molecule has 0 fully saturated rings. The van der Waals surface area contributed by atoms with Crippen LogP contribution in [0, 0.1) is 5.82 Å². The van der Waals surface area contributed by atoms with Crippen molar-refractivity contribution in [3.63, 3.8) is 0 Å². The van der Waals surface area contributed by atoms with E-state index in [2.05, 4.69) is 0 Å². The van der Waals surface area contributed by atoms with E-state index in [4.69, 9.17) is 9.47 Å². The summed E-state index contributed by atoms with van der Waals surface area (Å²) >= 11 is 0. The third-order valence-corrected chi connectivity index (χ3v) is 3.94. The Morgan fingerprint density at radius 2 is 1.83 bits per heavy atom. The average Bonchev–Trinajstić information content (AvgIpc) is 2.60. The van der Waals surface area contributed by atoms with Gasteiger partial charge in [0.25, 0.3) is 0 Å². The van der Waals surface area contributed by atoms with E-state index in [1.54, 1.807) is 55.3 Å². The molecule has 1 aromatic heterocycles. The number of benzene rings is 2. The summed E-state index contributed by atoms with van der Waals surface area (Å²) in [5, 5.41) is 0.0387. The highest BCUT2D eigenvalue weighted by Crippen LogP contribution is 2.28. The van der Waals surface area contributed by atoms with Gasteiger partial charge in [-0.15, -0.1) is 0 Å². The zero-order valence-corrected chi connectivity index (χ0v) is 13.8. The molecule has 3 aromatic rings. The van der Waals surface area contributed by atoms with Gasteiger partial charge in [-0.05, 0) is 36.8 Å². The first kappa shape index (κ1) is 16.1. The van der Waals surface area contributed by atoms with Crippen LogP contribution < -0.4 is 14.9 Å². The summed E-state index contributed by atoms with van der Waals surface area (Å²) in [6.07, 6.45) is 1.70. The largest absolute Gasteiger partial charge is 0.497 e. The molecule has 0 aliphatic carbocycles. The maximum absolute atomic E-state index is 14.4. The van der Waals surface area contributed by atoms with Crippen LogP contribution in [0.15, 0.2) is 47.4 Å². The summed E-state index contributed by atoms with van der Waals surface area (Å²) in [7, 11) is 3.35. The summed E-state index contributed by atoms with van der Waals surface area (Å²) < 4.78 is 26.8. The lowest BCUT2D eigenvalue weighted by molar-refractivity contribution is 0.342. The number of hydrogen-bond donors (Lipinski definition) is 0. The number of aromatic nitrogens is 1. The molecular weight excluding hydrogens is 309 g/mol. The second kappa shape index (κ2) is 6.35.